The number of imide groups is 1. The van der Waals surface area contributed by atoms with E-state index in [-0.39, 0.29) is 18.2 Å². The van der Waals surface area contributed by atoms with E-state index in [9.17, 15) is 19.2 Å². The molecule has 2 heterocycles. The molecule has 2 aliphatic heterocycles. The van der Waals surface area contributed by atoms with Crippen LogP contribution in [0.4, 0.5) is 0 Å². The number of likely N-dealkylation sites (tertiary alicyclic amines) is 1. The fourth-order valence-electron chi connectivity index (χ4n) is 3.26. The first-order valence-electron chi connectivity index (χ1n) is 8.52. The molecule has 136 valence electrons. The van der Waals surface area contributed by atoms with Crippen LogP contribution in [0.5, 0.6) is 0 Å². The van der Waals surface area contributed by atoms with Gasteiger partial charge < -0.3 is 9.64 Å². The molecule has 0 saturated carbocycles. The minimum atomic E-state index is -0.591. The minimum absolute atomic E-state index is 0.0673. The Morgan fingerprint density at radius 1 is 1.23 bits per heavy atom. The first kappa shape index (κ1) is 17.8. The molecule has 0 aromatic heterocycles. The Bertz CT molecular complexity index is 786. The maximum atomic E-state index is 12.3. The van der Waals surface area contributed by atoms with Crippen molar-refractivity contribution >= 4 is 29.8 Å². The van der Waals surface area contributed by atoms with Gasteiger partial charge in [-0.15, -0.1) is 0 Å². The number of carbonyl (C=O) groups is 4. The molecule has 0 N–H and O–H groups in total. The van der Waals surface area contributed by atoms with Crippen molar-refractivity contribution in [1.29, 1.82) is 0 Å². The number of amides is 3. The van der Waals surface area contributed by atoms with Crippen LogP contribution in [-0.4, -0.2) is 46.6 Å². The summed E-state index contributed by atoms with van der Waals surface area (Å²) in [6, 6.07) is 7.01. The van der Waals surface area contributed by atoms with E-state index in [0.29, 0.717) is 19.4 Å². The van der Waals surface area contributed by atoms with Crippen LogP contribution in [0.3, 0.4) is 0 Å². The Labute approximate surface area is 151 Å². The minimum Gasteiger partial charge on any atom is -0.455 e. The van der Waals surface area contributed by atoms with Crippen LogP contribution >= 0.6 is 0 Å². The van der Waals surface area contributed by atoms with Crippen molar-refractivity contribution < 1.29 is 23.9 Å². The molecule has 7 nitrogen and oxygen atoms in total. The van der Waals surface area contributed by atoms with Crippen LogP contribution in [0, 0.1) is 0 Å². The monoisotopic (exact) mass is 356 g/mol. The number of benzene rings is 1. The third-order valence-corrected chi connectivity index (χ3v) is 4.56. The number of carbonyl (C=O) groups excluding carboxylic acids is 4. The average Bonchev–Trinajstić information content (AvgIpc) is 3.05. The van der Waals surface area contributed by atoms with E-state index in [1.807, 2.05) is 30.3 Å². The number of rotatable bonds is 4. The molecule has 26 heavy (non-hydrogen) atoms. The zero-order chi connectivity index (χ0) is 18.7. The van der Waals surface area contributed by atoms with Crippen molar-refractivity contribution in [1.82, 2.24) is 9.80 Å². The molecule has 2 aliphatic rings. The lowest BCUT2D eigenvalue weighted by Gasteiger charge is -2.32. The predicted molar refractivity (Wildman–Crippen MR) is 92.3 cm³/mol. The van der Waals surface area contributed by atoms with Gasteiger partial charge in [0.2, 0.25) is 11.8 Å². The van der Waals surface area contributed by atoms with Gasteiger partial charge in [-0.3, -0.25) is 24.1 Å². The maximum absolute atomic E-state index is 12.3. The summed E-state index contributed by atoms with van der Waals surface area (Å²) in [4.78, 5) is 50.3. The van der Waals surface area contributed by atoms with Crippen molar-refractivity contribution in [3.8, 4) is 0 Å². The van der Waals surface area contributed by atoms with E-state index >= 15 is 0 Å². The number of esters is 1. The Morgan fingerprint density at radius 3 is 2.69 bits per heavy atom. The van der Waals surface area contributed by atoms with Gasteiger partial charge in [0.25, 0.3) is 5.91 Å². The van der Waals surface area contributed by atoms with Crippen LogP contribution in [0.1, 0.15) is 43.4 Å². The fourth-order valence-corrected chi connectivity index (χ4v) is 3.26. The van der Waals surface area contributed by atoms with E-state index in [0.717, 1.165) is 16.0 Å². The van der Waals surface area contributed by atoms with E-state index in [4.69, 9.17) is 4.74 Å². The van der Waals surface area contributed by atoms with Gasteiger partial charge in [-0.1, -0.05) is 24.3 Å². The molecule has 3 rings (SSSR count). The Kier molecular flexibility index (Phi) is 5.16. The lowest BCUT2D eigenvalue weighted by Crippen LogP contribution is -2.36. The maximum Gasteiger partial charge on any atom is 0.308 e. The second-order valence-electron chi connectivity index (χ2n) is 6.29. The van der Waals surface area contributed by atoms with Gasteiger partial charge in [-0.25, -0.2) is 0 Å². The van der Waals surface area contributed by atoms with E-state index in [1.54, 1.807) is 6.20 Å². The van der Waals surface area contributed by atoms with Crippen LogP contribution < -0.4 is 0 Å². The quantitative estimate of drug-likeness (QED) is 0.766. The average molecular weight is 356 g/mol. The summed E-state index contributed by atoms with van der Waals surface area (Å²) in [6.07, 6.45) is 4.38. The summed E-state index contributed by atoms with van der Waals surface area (Å²) in [7, 11) is 0. The smallest absolute Gasteiger partial charge is 0.308 e. The standard InChI is InChI=1S/C19H20N2O5/c1-13(22)20-10-8-14-5-2-3-6-15(14)16(20)11-19(25)26-12-18(24)21-9-4-7-17(21)23/h2-3,5-6,8,10,16H,4,7,9,11-12H2,1H3/t16-/m1/s1. The van der Waals surface area contributed by atoms with Crippen LogP contribution in [0.2, 0.25) is 0 Å². The molecular weight excluding hydrogens is 336 g/mol. The molecule has 0 unspecified atom stereocenters. The SMILES string of the molecule is CC(=O)N1C=Cc2ccccc2[C@H]1CC(=O)OCC(=O)N1CCCC1=O. The van der Waals surface area contributed by atoms with Gasteiger partial charge in [0.05, 0.1) is 12.5 Å². The molecule has 0 radical (unpaired) electrons. The summed E-state index contributed by atoms with van der Waals surface area (Å²) in [5.74, 6) is -1.52. The van der Waals surface area contributed by atoms with Crippen LogP contribution in [0.25, 0.3) is 6.08 Å². The zero-order valence-electron chi connectivity index (χ0n) is 14.5. The van der Waals surface area contributed by atoms with E-state index in [2.05, 4.69) is 0 Å². The third-order valence-electron chi connectivity index (χ3n) is 4.56. The highest BCUT2D eigenvalue weighted by Crippen LogP contribution is 2.33. The second kappa shape index (κ2) is 7.51. The highest BCUT2D eigenvalue weighted by atomic mass is 16.5. The van der Waals surface area contributed by atoms with Crippen LogP contribution in [0.15, 0.2) is 30.5 Å². The third kappa shape index (κ3) is 3.66. The van der Waals surface area contributed by atoms with Gasteiger partial charge in [-0.2, -0.15) is 0 Å². The Hall–Kier alpha value is -2.96. The lowest BCUT2D eigenvalue weighted by molar-refractivity contribution is -0.155. The first-order valence-corrected chi connectivity index (χ1v) is 8.52. The van der Waals surface area contributed by atoms with Gasteiger partial charge in [0.1, 0.15) is 0 Å². The number of fused-ring (bicyclic) bond motifs is 1. The predicted octanol–water partition coefficient (Wildman–Crippen LogP) is 1.64. The molecule has 0 bridgehead atoms. The largest absolute Gasteiger partial charge is 0.455 e. The summed E-state index contributed by atoms with van der Waals surface area (Å²) >= 11 is 0. The van der Waals surface area contributed by atoms with Crippen LogP contribution in [-0.2, 0) is 23.9 Å². The van der Waals surface area contributed by atoms with E-state index < -0.39 is 24.5 Å². The summed E-state index contributed by atoms with van der Waals surface area (Å²) in [6.45, 7) is 1.34. The first-order chi connectivity index (χ1) is 12.5. The Morgan fingerprint density at radius 2 is 2.00 bits per heavy atom. The van der Waals surface area contributed by atoms with Crippen molar-refractivity contribution in [3.05, 3.63) is 41.6 Å². The molecular formula is C19H20N2O5. The normalized spacial score (nSPS) is 18.7. The van der Waals surface area contributed by atoms with E-state index in [1.165, 1.54) is 11.8 Å². The van der Waals surface area contributed by atoms with Gasteiger partial charge in [0, 0.05) is 26.1 Å². The molecule has 3 amide bonds. The Balaban J connectivity index is 1.65. The molecule has 1 fully saturated rings. The fraction of sp³-hybridized carbons (Fsp3) is 0.368. The van der Waals surface area contributed by atoms with Crippen molar-refractivity contribution in [2.24, 2.45) is 0 Å². The van der Waals surface area contributed by atoms with Gasteiger partial charge >= 0.3 is 5.97 Å². The molecule has 7 heteroatoms. The number of ether oxygens (including phenoxy) is 1. The van der Waals surface area contributed by atoms with Crippen molar-refractivity contribution in [2.45, 2.75) is 32.2 Å². The summed E-state index contributed by atoms with van der Waals surface area (Å²) in [5.41, 5.74) is 1.78. The second-order valence-corrected chi connectivity index (χ2v) is 6.29. The summed E-state index contributed by atoms with van der Waals surface area (Å²) < 4.78 is 5.07. The molecule has 1 aromatic carbocycles. The number of hydrogen-bond acceptors (Lipinski definition) is 5. The zero-order valence-corrected chi connectivity index (χ0v) is 14.5. The molecule has 0 spiro atoms. The highest BCUT2D eigenvalue weighted by molar-refractivity contribution is 5.97. The molecule has 1 aromatic rings. The van der Waals surface area contributed by atoms with Crippen molar-refractivity contribution in [2.75, 3.05) is 13.2 Å². The van der Waals surface area contributed by atoms with Crippen molar-refractivity contribution in [3.63, 3.8) is 0 Å². The topological polar surface area (TPSA) is 84.0 Å². The summed E-state index contributed by atoms with van der Waals surface area (Å²) in [5, 5.41) is 0. The molecule has 1 saturated heterocycles. The highest BCUT2D eigenvalue weighted by Gasteiger charge is 2.30. The van der Waals surface area contributed by atoms with Gasteiger partial charge in [-0.05, 0) is 23.6 Å². The number of hydrogen-bond donors (Lipinski definition) is 0. The number of nitrogens with zero attached hydrogens (tertiary/aromatic N) is 2. The van der Waals surface area contributed by atoms with Gasteiger partial charge in [0.15, 0.2) is 6.61 Å². The molecule has 1 atom stereocenters. The lowest BCUT2D eigenvalue weighted by atomic mass is 9.94. The molecule has 0 aliphatic carbocycles.